The Bertz CT molecular complexity index is 923. The number of aromatic nitrogens is 1. The number of nitrogens with zero attached hydrogens (tertiary/aromatic N) is 3. The van der Waals surface area contributed by atoms with Crippen LogP contribution in [0.15, 0.2) is 42.6 Å². The largest absolute Gasteiger partial charge is 0.373 e. The summed E-state index contributed by atoms with van der Waals surface area (Å²) in [6, 6.07) is 11.0. The lowest BCUT2D eigenvalue weighted by Crippen LogP contribution is -2.48. The molecule has 30 heavy (non-hydrogen) atoms. The highest BCUT2D eigenvalue weighted by molar-refractivity contribution is 6.01. The van der Waals surface area contributed by atoms with Gasteiger partial charge in [-0.15, -0.1) is 0 Å². The minimum atomic E-state index is -0.319. The maximum Gasteiger partial charge on any atom is 0.256 e. The lowest BCUT2D eigenvalue weighted by molar-refractivity contribution is -0.121. The number of ether oxygens (including phenoxy) is 1. The third kappa shape index (κ3) is 4.29. The van der Waals surface area contributed by atoms with E-state index in [4.69, 9.17) is 4.74 Å². The SMILES string of the molecule is CC1CN(CC(=O)Nc2ccc(C3NC(=O)c4cccnc4N3C)cc2)CC(C)O1. The average Bonchev–Trinajstić information content (AvgIpc) is 2.70. The first-order valence-corrected chi connectivity index (χ1v) is 10.2. The van der Waals surface area contributed by atoms with Crippen LogP contribution in [0.3, 0.4) is 0 Å². The molecular weight excluding hydrogens is 382 g/mol. The van der Waals surface area contributed by atoms with Gasteiger partial charge in [0.05, 0.1) is 24.3 Å². The molecule has 2 aliphatic rings. The van der Waals surface area contributed by atoms with Crippen LogP contribution in [0.25, 0.3) is 0 Å². The number of nitrogens with one attached hydrogen (secondary N) is 2. The van der Waals surface area contributed by atoms with E-state index < -0.39 is 0 Å². The Labute approximate surface area is 176 Å². The zero-order chi connectivity index (χ0) is 21.3. The van der Waals surface area contributed by atoms with Gasteiger partial charge >= 0.3 is 0 Å². The highest BCUT2D eigenvalue weighted by Gasteiger charge is 2.30. The summed E-state index contributed by atoms with van der Waals surface area (Å²) in [6.07, 6.45) is 1.62. The molecule has 4 rings (SSSR count). The van der Waals surface area contributed by atoms with Crippen LogP contribution in [-0.4, -0.2) is 60.6 Å². The summed E-state index contributed by atoms with van der Waals surface area (Å²) in [7, 11) is 1.90. The number of amides is 2. The highest BCUT2D eigenvalue weighted by Crippen LogP contribution is 2.30. The van der Waals surface area contributed by atoms with Crippen molar-refractivity contribution in [3.05, 3.63) is 53.7 Å². The first-order valence-electron chi connectivity index (χ1n) is 10.2. The Balaban J connectivity index is 1.40. The van der Waals surface area contributed by atoms with Crippen LogP contribution in [0.5, 0.6) is 0 Å². The zero-order valence-corrected chi connectivity index (χ0v) is 17.5. The molecule has 0 saturated carbocycles. The molecule has 8 nitrogen and oxygen atoms in total. The van der Waals surface area contributed by atoms with Gasteiger partial charge in [-0.05, 0) is 43.7 Å². The molecule has 2 aliphatic heterocycles. The Morgan fingerprint density at radius 3 is 2.60 bits per heavy atom. The molecule has 0 spiro atoms. The first kappa shape index (κ1) is 20.3. The van der Waals surface area contributed by atoms with Crippen LogP contribution in [0.1, 0.15) is 35.9 Å². The molecule has 0 bridgehead atoms. The van der Waals surface area contributed by atoms with Crippen molar-refractivity contribution in [2.45, 2.75) is 32.2 Å². The van der Waals surface area contributed by atoms with Crippen LogP contribution < -0.4 is 15.5 Å². The van der Waals surface area contributed by atoms with Gasteiger partial charge in [0.25, 0.3) is 5.91 Å². The van der Waals surface area contributed by atoms with E-state index in [-0.39, 0.29) is 30.2 Å². The summed E-state index contributed by atoms with van der Waals surface area (Å²) < 4.78 is 5.71. The van der Waals surface area contributed by atoms with E-state index in [1.807, 2.05) is 50.1 Å². The molecule has 0 aliphatic carbocycles. The molecule has 8 heteroatoms. The number of fused-ring (bicyclic) bond motifs is 1. The Kier molecular flexibility index (Phi) is 5.69. The molecular formula is C22H27N5O3. The molecule has 2 amide bonds. The van der Waals surface area contributed by atoms with Crippen molar-refractivity contribution in [1.82, 2.24) is 15.2 Å². The first-order chi connectivity index (χ1) is 14.4. The van der Waals surface area contributed by atoms with Gasteiger partial charge in [-0.3, -0.25) is 14.5 Å². The molecule has 1 aromatic heterocycles. The third-order valence-electron chi connectivity index (χ3n) is 5.39. The Morgan fingerprint density at radius 1 is 1.20 bits per heavy atom. The predicted molar refractivity (Wildman–Crippen MR) is 114 cm³/mol. The van der Waals surface area contributed by atoms with Crippen molar-refractivity contribution in [2.75, 3.05) is 36.9 Å². The van der Waals surface area contributed by atoms with E-state index in [2.05, 4.69) is 20.5 Å². The number of carbonyl (C=O) groups excluding carboxylic acids is 2. The normalized spacial score (nSPS) is 24.2. The lowest BCUT2D eigenvalue weighted by atomic mass is 10.1. The number of benzene rings is 1. The fraction of sp³-hybridized carbons (Fsp3) is 0.409. The van der Waals surface area contributed by atoms with Gasteiger partial charge in [0.2, 0.25) is 5.91 Å². The maximum absolute atomic E-state index is 12.4. The second kappa shape index (κ2) is 8.41. The summed E-state index contributed by atoms with van der Waals surface area (Å²) in [5, 5.41) is 5.95. The van der Waals surface area contributed by atoms with Crippen molar-refractivity contribution in [3.63, 3.8) is 0 Å². The minimum Gasteiger partial charge on any atom is -0.373 e. The maximum atomic E-state index is 12.4. The summed E-state index contributed by atoms with van der Waals surface area (Å²) in [5.74, 6) is 0.454. The molecule has 3 heterocycles. The fourth-order valence-corrected chi connectivity index (χ4v) is 4.15. The van der Waals surface area contributed by atoms with Crippen LogP contribution in [-0.2, 0) is 9.53 Å². The number of carbonyl (C=O) groups is 2. The van der Waals surface area contributed by atoms with Gasteiger partial charge in [0, 0.05) is 32.0 Å². The number of rotatable bonds is 4. The standard InChI is InChI=1S/C22H27N5O3/c1-14-11-27(12-15(2)30-14)13-19(28)24-17-8-6-16(7-9-17)20-25-22(29)18-5-4-10-23-21(18)26(20)3/h4-10,14-15,20H,11-13H2,1-3H3,(H,24,28)(H,25,29). The minimum absolute atomic E-state index is 0.0507. The number of morpholine rings is 1. The quantitative estimate of drug-likeness (QED) is 0.803. The van der Waals surface area contributed by atoms with E-state index in [9.17, 15) is 9.59 Å². The van der Waals surface area contributed by atoms with Crippen molar-refractivity contribution in [2.24, 2.45) is 0 Å². The molecule has 158 valence electrons. The molecule has 3 unspecified atom stereocenters. The topological polar surface area (TPSA) is 86.8 Å². The van der Waals surface area contributed by atoms with Gasteiger partial charge in [0.1, 0.15) is 12.0 Å². The third-order valence-corrected chi connectivity index (χ3v) is 5.39. The van der Waals surface area contributed by atoms with E-state index in [1.165, 1.54) is 0 Å². The zero-order valence-electron chi connectivity index (χ0n) is 17.5. The van der Waals surface area contributed by atoms with Gasteiger partial charge < -0.3 is 20.3 Å². The summed E-state index contributed by atoms with van der Waals surface area (Å²) >= 11 is 0. The Morgan fingerprint density at radius 2 is 1.90 bits per heavy atom. The molecule has 3 atom stereocenters. The van der Waals surface area contributed by atoms with Crippen molar-refractivity contribution in [3.8, 4) is 0 Å². The van der Waals surface area contributed by atoms with Crippen LogP contribution >= 0.6 is 0 Å². The number of pyridine rings is 1. The van der Waals surface area contributed by atoms with Gasteiger partial charge in [-0.2, -0.15) is 0 Å². The van der Waals surface area contributed by atoms with E-state index >= 15 is 0 Å². The number of anilines is 2. The molecule has 2 N–H and O–H groups in total. The fourth-order valence-electron chi connectivity index (χ4n) is 4.15. The molecule has 2 aromatic rings. The predicted octanol–water partition coefficient (Wildman–Crippen LogP) is 2.01. The van der Waals surface area contributed by atoms with Crippen molar-refractivity contribution >= 4 is 23.3 Å². The summed E-state index contributed by atoms with van der Waals surface area (Å²) in [5.41, 5.74) is 2.20. The van der Waals surface area contributed by atoms with Gasteiger partial charge in [-0.25, -0.2) is 4.98 Å². The van der Waals surface area contributed by atoms with Gasteiger partial charge in [0.15, 0.2) is 0 Å². The number of hydrogen-bond donors (Lipinski definition) is 2. The average molecular weight is 409 g/mol. The van der Waals surface area contributed by atoms with Crippen molar-refractivity contribution < 1.29 is 14.3 Å². The van der Waals surface area contributed by atoms with Crippen LogP contribution in [0, 0.1) is 0 Å². The smallest absolute Gasteiger partial charge is 0.256 e. The second-order valence-corrected chi connectivity index (χ2v) is 7.98. The van der Waals surface area contributed by atoms with Crippen LogP contribution in [0.2, 0.25) is 0 Å². The van der Waals surface area contributed by atoms with Gasteiger partial charge in [-0.1, -0.05) is 12.1 Å². The molecule has 1 saturated heterocycles. The highest BCUT2D eigenvalue weighted by atomic mass is 16.5. The summed E-state index contributed by atoms with van der Waals surface area (Å²) in [4.78, 5) is 33.3. The van der Waals surface area contributed by atoms with E-state index in [0.717, 1.165) is 24.3 Å². The monoisotopic (exact) mass is 409 g/mol. The number of hydrogen-bond acceptors (Lipinski definition) is 6. The molecule has 1 fully saturated rings. The van der Waals surface area contributed by atoms with E-state index in [0.29, 0.717) is 17.9 Å². The molecule has 0 radical (unpaired) electrons. The lowest BCUT2D eigenvalue weighted by Gasteiger charge is -2.35. The second-order valence-electron chi connectivity index (χ2n) is 7.98. The van der Waals surface area contributed by atoms with Crippen LogP contribution in [0.4, 0.5) is 11.5 Å². The Hall–Kier alpha value is -2.97. The van der Waals surface area contributed by atoms with E-state index in [1.54, 1.807) is 18.3 Å². The molecule has 1 aromatic carbocycles. The summed E-state index contributed by atoms with van der Waals surface area (Å²) in [6.45, 7) is 5.88. The van der Waals surface area contributed by atoms with Crippen molar-refractivity contribution in [1.29, 1.82) is 0 Å².